The van der Waals surface area contributed by atoms with Gasteiger partial charge >= 0.3 is 0 Å². The molecule has 2 atom stereocenters. The lowest BCUT2D eigenvalue weighted by atomic mass is 9.72. The summed E-state index contributed by atoms with van der Waals surface area (Å²) in [4.78, 5) is 94.4. The molecule has 5 amide bonds. The van der Waals surface area contributed by atoms with Crippen LogP contribution < -0.4 is 20.4 Å². The zero-order chi connectivity index (χ0) is 50.3. The van der Waals surface area contributed by atoms with Gasteiger partial charge in [-0.1, -0.05) is 38.5 Å². The molecule has 4 aromatic rings. The fraction of sp³-hybridized carbons (Fsp3) is 0.614. The predicted octanol–water partition coefficient (Wildman–Crippen LogP) is 7.18. The van der Waals surface area contributed by atoms with Gasteiger partial charge in [0.1, 0.15) is 11.3 Å². The molecule has 8 aliphatic rings. The Morgan fingerprint density at radius 3 is 2.26 bits per heavy atom. The van der Waals surface area contributed by atoms with E-state index in [4.69, 9.17) is 15.0 Å². The number of piperidine rings is 5. The van der Waals surface area contributed by atoms with Crippen molar-refractivity contribution in [3.05, 3.63) is 60.0 Å². The van der Waals surface area contributed by atoms with E-state index in [1.54, 1.807) is 6.20 Å². The van der Waals surface area contributed by atoms with Crippen molar-refractivity contribution in [2.75, 3.05) is 67.5 Å². The van der Waals surface area contributed by atoms with Crippen LogP contribution in [0, 0.1) is 17.3 Å². The Balaban J connectivity index is 0.736. The van der Waals surface area contributed by atoms with E-state index in [1.165, 1.54) is 19.3 Å². The van der Waals surface area contributed by atoms with E-state index >= 15 is 4.79 Å². The number of hydrogen-bond acceptors (Lipinski definition) is 11. The SMILES string of the molecule is CC(C)n1cnc2cc(-c3ccc4c(c3)N(C3CC(N5CCCCC5)C3)C(=O)C43CCN(C(=O)C4CN(C(=O)C5CCN(c6ccc(C7CCC(=O)NC7=O)cn6)CC5)CC(C)(C)C4)CC3)nc(NC3CC3)c21. The molecule has 9 heterocycles. The molecule has 1 spiro atoms. The molecule has 2 N–H and O–H groups in total. The van der Waals surface area contributed by atoms with Gasteiger partial charge in [-0.05, 0) is 139 Å². The van der Waals surface area contributed by atoms with Crippen LogP contribution in [0.1, 0.15) is 141 Å². The van der Waals surface area contributed by atoms with E-state index in [1.807, 2.05) is 28.3 Å². The third-order valence-electron chi connectivity index (χ3n) is 18.1. The van der Waals surface area contributed by atoms with E-state index in [0.29, 0.717) is 96.3 Å². The number of rotatable bonds is 10. The molecular weight excluding hydrogens is 919 g/mol. The number of amides is 5. The number of carbonyl (C=O) groups is 5. The molecule has 2 saturated carbocycles. The van der Waals surface area contributed by atoms with Gasteiger partial charge in [0.05, 0.1) is 34.8 Å². The lowest BCUT2D eigenvalue weighted by Gasteiger charge is -2.48. The number of likely N-dealkylation sites (tertiary alicyclic amines) is 3. The van der Waals surface area contributed by atoms with Crippen molar-refractivity contribution in [3.63, 3.8) is 0 Å². The second-order valence-corrected chi connectivity index (χ2v) is 24.1. The smallest absolute Gasteiger partial charge is 0.238 e. The summed E-state index contributed by atoms with van der Waals surface area (Å²) in [6.45, 7) is 14.4. The molecule has 386 valence electrons. The maximum absolute atomic E-state index is 15.4. The quantitative estimate of drug-likeness (QED) is 0.154. The fourth-order valence-corrected chi connectivity index (χ4v) is 13.8. The Bertz CT molecular complexity index is 2810. The number of anilines is 3. The number of imide groups is 1. The Morgan fingerprint density at radius 1 is 0.808 bits per heavy atom. The standard InChI is InChI=1S/C57H73N11O5/c1-35(2)67-34-59-46-29-45(61-51(50(46)67)60-40-10-11-40)37-8-13-44-47(26-37)68(42-27-41(28-42)63-20-6-5-7-21-63)55(73)57(44)18-24-65(25-19-57)54(72)39-30-56(3,4)33-66(32-39)53(71)36-16-22-64(23-17-36)48-14-9-38(31-58-48)43-12-15-49(69)62-52(43)70/h8-9,13-14,26,29,31,34-36,39-43H,5-7,10-12,15-25,27-28,30,32-33H2,1-4H3,(H,60,61)(H,62,69,70). The Morgan fingerprint density at radius 2 is 1.56 bits per heavy atom. The maximum Gasteiger partial charge on any atom is 0.238 e. The number of hydrogen-bond donors (Lipinski definition) is 2. The van der Waals surface area contributed by atoms with Crippen molar-refractivity contribution < 1.29 is 24.0 Å². The van der Waals surface area contributed by atoms with Crippen molar-refractivity contribution in [1.29, 1.82) is 0 Å². The van der Waals surface area contributed by atoms with Crippen LogP contribution in [0.5, 0.6) is 0 Å². The number of carbonyl (C=O) groups excluding carboxylic acids is 5. The van der Waals surface area contributed by atoms with Crippen LogP contribution in [-0.2, 0) is 29.4 Å². The van der Waals surface area contributed by atoms with Crippen LogP contribution in [0.25, 0.3) is 22.3 Å². The van der Waals surface area contributed by atoms with E-state index < -0.39 is 5.41 Å². The minimum Gasteiger partial charge on any atom is -0.366 e. The molecule has 2 unspecified atom stereocenters. The summed E-state index contributed by atoms with van der Waals surface area (Å²) in [5.41, 5.74) is 5.72. The van der Waals surface area contributed by atoms with Crippen LogP contribution in [0.2, 0.25) is 0 Å². The normalized spacial score (nSPS) is 26.6. The van der Waals surface area contributed by atoms with Gasteiger partial charge in [0.25, 0.3) is 0 Å². The van der Waals surface area contributed by atoms with Gasteiger partial charge < -0.3 is 34.4 Å². The van der Waals surface area contributed by atoms with E-state index in [2.05, 4.69) is 81.9 Å². The average Bonchev–Trinajstić information content (AvgIpc) is 4.04. The highest BCUT2D eigenvalue weighted by Gasteiger charge is 2.56. The second-order valence-electron chi connectivity index (χ2n) is 24.1. The lowest BCUT2D eigenvalue weighted by Crippen LogP contribution is -2.59. The van der Waals surface area contributed by atoms with Crippen molar-refractivity contribution >= 4 is 57.9 Å². The summed E-state index contributed by atoms with van der Waals surface area (Å²) in [5.74, 6) is 0.776. The number of fused-ring (bicyclic) bond motifs is 3. The minimum atomic E-state index is -0.708. The molecular formula is C57H73N11O5. The topological polar surface area (TPSA) is 169 Å². The van der Waals surface area contributed by atoms with Gasteiger partial charge in [-0.3, -0.25) is 29.3 Å². The zero-order valence-corrected chi connectivity index (χ0v) is 43.3. The van der Waals surface area contributed by atoms with Crippen LogP contribution >= 0.6 is 0 Å². The van der Waals surface area contributed by atoms with E-state index in [-0.39, 0.29) is 64.8 Å². The predicted molar refractivity (Wildman–Crippen MR) is 280 cm³/mol. The maximum atomic E-state index is 15.4. The molecule has 16 heteroatoms. The van der Waals surface area contributed by atoms with E-state index in [9.17, 15) is 19.2 Å². The lowest BCUT2D eigenvalue weighted by molar-refractivity contribution is -0.148. The largest absolute Gasteiger partial charge is 0.366 e. The second kappa shape index (κ2) is 18.8. The van der Waals surface area contributed by atoms with Gasteiger partial charge in [0.15, 0.2) is 5.82 Å². The average molecular weight is 992 g/mol. The van der Waals surface area contributed by atoms with Gasteiger partial charge in [0.2, 0.25) is 29.5 Å². The first-order chi connectivity index (χ1) is 35.2. The third-order valence-corrected chi connectivity index (χ3v) is 18.1. The molecule has 73 heavy (non-hydrogen) atoms. The van der Waals surface area contributed by atoms with Crippen LogP contribution in [0.3, 0.4) is 0 Å². The number of benzene rings is 1. The third kappa shape index (κ3) is 8.96. The first-order valence-electron chi connectivity index (χ1n) is 27.7. The van der Waals surface area contributed by atoms with E-state index in [0.717, 1.165) is 89.5 Å². The highest BCUT2D eigenvalue weighted by atomic mass is 16.2. The first-order valence-corrected chi connectivity index (χ1v) is 27.7. The van der Waals surface area contributed by atoms with Crippen molar-refractivity contribution in [3.8, 4) is 11.3 Å². The van der Waals surface area contributed by atoms with Gasteiger partial charge in [-0.2, -0.15) is 0 Å². The molecule has 16 nitrogen and oxygen atoms in total. The first kappa shape index (κ1) is 48.1. The monoisotopic (exact) mass is 992 g/mol. The summed E-state index contributed by atoms with van der Waals surface area (Å²) >= 11 is 0. The number of pyridine rings is 2. The van der Waals surface area contributed by atoms with Crippen LogP contribution in [0.15, 0.2) is 48.9 Å². The number of imidazole rings is 1. The summed E-state index contributed by atoms with van der Waals surface area (Å²) in [6, 6.07) is 13.8. The van der Waals surface area contributed by atoms with Gasteiger partial charge in [0, 0.05) is 93.2 Å². The molecule has 2 aliphatic carbocycles. The summed E-state index contributed by atoms with van der Waals surface area (Å²) < 4.78 is 2.20. The van der Waals surface area contributed by atoms with Crippen molar-refractivity contribution in [2.45, 2.75) is 153 Å². The molecule has 0 radical (unpaired) electrons. The molecule has 1 aromatic carbocycles. The summed E-state index contributed by atoms with van der Waals surface area (Å²) in [7, 11) is 0. The van der Waals surface area contributed by atoms with Crippen molar-refractivity contribution in [1.82, 2.24) is 39.5 Å². The minimum absolute atomic E-state index is 0.0975. The molecule has 6 aliphatic heterocycles. The summed E-state index contributed by atoms with van der Waals surface area (Å²) in [5, 5.41) is 6.14. The Hall–Kier alpha value is -5.90. The molecule has 5 saturated heterocycles. The fourth-order valence-electron chi connectivity index (χ4n) is 13.8. The Labute approximate surface area is 429 Å². The molecule has 0 bridgehead atoms. The van der Waals surface area contributed by atoms with Crippen LogP contribution in [-0.4, -0.2) is 134 Å². The van der Waals surface area contributed by atoms with Gasteiger partial charge in [-0.25, -0.2) is 15.0 Å². The molecule has 3 aromatic heterocycles. The highest BCUT2D eigenvalue weighted by molar-refractivity contribution is 6.09. The Kier molecular flexibility index (Phi) is 12.4. The number of nitrogens with one attached hydrogen (secondary N) is 2. The zero-order valence-electron chi connectivity index (χ0n) is 43.3. The molecule has 12 rings (SSSR count). The van der Waals surface area contributed by atoms with Crippen molar-refractivity contribution in [2.24, 2.45) is 17.3 Å². The number of aromatic nitrogens is 4. The van der Waals surface area contributed by atoms with Crippen LogP contribution in [0.4, 0.5) is 17.3 Å². The molecule has 7 fully saturated rings. The summed E-state index contributed by atoms with van der Waals surface area (Å²) in [6.07, 6.45) is 15.7. The van der Waals surface area contributed by atoms with Gasteiger partial charge in [-0.15, -0.1) is 0 Å². The highest BCUT2D eigenvalue weighted by Crippen LogP contribution is 2.53. The number of nitrogens with zero attached hydrogens (tertiary/aromatic N) is 9.